The maximum Gasteiger partial charge on any atom is 0.263 e. The zero-order valence-electron chi connectivity index (χ0n) is 13.9. The van der Waals surface area contributed by atoms with Gasteiger partial charge in [0.2, 0.25) is 9.84 Å². The number of rotatable bonds is 3. The van der Waals surface area contributed by atoms with Gasteiger partial charge in [0.05, 0.1) is 9.79 Å². The minimum Gasteiger partial charge on any atom is -0.358 e. The van der Waals surface area contributed by atoms with Crippen molar-refractivity contribution in [1.82, 2.24) is 10.3 Å². The van der Waals surface area contributed by atoms with Gasteiger partial charge in [-0.25, -0.2) is 17.2 Å². The van der Waals surface area contributed by atoms with Crippen LogP contribution in [0.2, 0.25) is 0 Å². The van der Waals surface area contributed by atoms with Crippen LogP contribution < -0.4 is 5.32 Å². The molecule has 4 nitrogen and oxygen atoms in total. The van der Waals surface area contributed by atoms with Crippen molar-refractivity contribution in [2.24, 2.45) is 0 Å². The summed E-state index contributed by atoms with van der Waals surface area (Å²) in [5.74, 6) is 0. The molecule has 7 heteroatoms. The Kier molecular flexibility index (Phi) is 4.28. The average molecular weight is 376 g/mol. The van der Waals surface area contributed by atoms with Gasteiger partial charge in [-0.2, -0.15) is 0 Å². The molecule has 2 N–H and O–H groups in total. The van der Waals surface area contributed by atoms with E-state index in [1.54, 1.807) is 18.2 Å². The number of sulfone groups is 1. The van der Waals surface area contributed by atoms with Gasteiger partial charge in [-0.1, -0.05) is 12.1 Å². The first-order valence-corrected chi connectivity index (χ1v) is 9.92. The van der Waals surface area contributed by atoms with E-state index in [1.807, 2.05) is 0 Å². The van der Waals surface area contributed by atoms with E-state index < -0.39 is 16.3 Å². The summed E-state index contributed by atoms with van der Waals surface area (Å²) in [5.41, 5.74) is 3.02. The van der Waals surface area contributed by atoms with Gasteiger partial charge in [0.1, 0.15) is 0 Å². The Labute approximate surface area is 150 Å². The third-order valence-electron chi connectivity index (χ3n) is 4.82. The van der Waals surface area contributed by atoms with Crippen LogP contribution >= 0.6 is 0 Å². The molecule has 0 atom stereocenters. The van der Waals surface area contributed by atoms with Crippen LogP contribution in [0, 0.1) is 0 Å². The number of aromatic nitrogens is 1. The maximum atomic E-state index is 12.9. The number of halogens is 2. The molecule has 0 unspecified atom stereocenters. The van der Waals surface area contributed by atoms with E-state index in [-0.39, 0.29) is 15.4 Å². The van der Waals surface area contributed by atoms with Crippen LogP contribution in [-0.2, 0) is 22.7 Å². The predicted octanol–water partition coefficient (Wildman–Crippen LogP) is 3.63. The van der Waals surface area contributed by atoms with Gasteiger partial charge in [-0.05, 0) is 48.9 Å². The van der Waals surface area contributed by atoms with Gasteiger partial charge in [0.25, 0.3) is 6.43 Å². The zero-order valence-corrected chi connectivity index (χ0v) is 14.7. The Morgan fingerprint density at radius 2 is 1.62 bits per heavy atom. The van der Waals surface area contributed by atoms with Gasteiger partial charge >= 0.3 is 0 Å². The van der Waals surface area contributed by atoms with Crippen LogP contribution in [0.25, 0.3) is 10.9 Å². The molecule has 2 heterocycles. The van der Waals surface area contributed by atoms with Gasteiger partial charge in [0, 0.05) is 35.1 Å². The van der Waals surface area contributed by atoms with Crippen molar-refractivity contribution in [2.75, 3.05) is 13.1 Å². The smallest absolute Gasteiger partial charge is 0.263 e. The minimum absolute atomic E-state index is 0.0181. The lowest BCUT2D eigenvalue weighted by atomic mass is 10.1. The maximum absolute atomic E-state index is 12.9. The molecule has 0 fully saturated rings. The minimum atomic E-state index is -3.76. The molecule has 0 bridgehead atoms. The molecule has 0 saturated heterocycles. The van der Waals surface area contributed by atoms with Crippen LogP contribution in [0.5, 0.6) is 0 Å². The molecule has 1 aliphatic heterocycles. The Morgan fingerprint density at radius 3 is 2.35 bits per heavy atom. The molecule has 1 aliphatic rings. The van der Waals surface area contributed by atoms with E-state index in [1.165, 1.54) is 12.1 Å². The summed E-state index contributed by atoms with van der Waals surface area (Å²) in [4.78, 5) is 3.57. The van der Waals surface area contributed by atoms with Gasteiger partial charge in [0.15, 0.2) is 0 Å². The first kappa shape index (κ1) is 17.2. The summed E-state index contributed by atoms with van der Waals surface area (Å²) in [7, 11) is -3.76. The molecular weight excluding hydrogens is 358 g/mol. The normalized spacial score (nSPS) is 15.2. The zero-order chi connectivity index (χ0) is 18.3. The SMILES string of the molecule is O=S(=O)(c1ccc(C(F)F)cc1)c1ccc2[nH]c3c(c2c1)CCNCC3. The number of hydrogen-bond acceptors (Lipinski definition) is 3. The number of alkyl halides is 2. The molecule has 3 aromatic rings. The summed E-state index contributed by atoms with van der Waals surface area (Å²) in [5, 5.41) is 4.24. The van der Waals surface area contributed by atoms with Crippen LogP contribution in [0.3, 0.4) is 0 Å². The summed E-state index contributed by atoms with van der Waals surface area (Å²) >= 11 is 0. The molecule has 0 amide bonds. The summed E-state index contributed by atoms with van der Waals surface area (Å²) < 4.78 is 51.2. The standard InChI is InChI=1S/C19H18F2N2O2S/c20-19(21)12-1-3-13(4-2-12)26(24,25)14-5-6-17-16(11-14)15-7-9-22-10-8-18(15)23-17/h1-6,11,19,22-23H,7-10H2. The average Bonchev–Trinajstić information content (AvgIpc) is 2.82. The lowest BCUT2D eigenvalue weighted by molar-refractivity contribution is 0.151. The van der Waals surface area contributed by atoms with Crippen LogP contribution in [-0.4, -0.2) is 26.5 Å². The van der Waals surface area contributed by atoms with E-state index in [0.29, 0.717) is 0 Å². The molecule has 0 spiro atoms. The van der Waals surface area contributed by atoms with Gasteiger partial charge in [-0.15, -0.1) is 0 Å². The second-order valence-electron chi connectivity index (χ2n) is 6.41. The molecule has 26 heavy (non-hydrogen) atoms. The third-order valence-corrected chi connectivity index (χ3v) is 6.59. The Balaban J connectivity index is 1.78. The van der Waals surface area contributed by atoms with Crippen LogP contribution in [0.15, 0.2) is 52.3 Å². The Hall–Kier alpha value is -2.25. The van der Waals surface area contributed by atoms with Crippen molar-refractivity contribution in [3.05, 3.63) is 59.3 Å². The number of fused-ring (bicyclic) bond motifs is 3. The monoisotopic (exact) mass is 376 g/mol. The van der Waals surface area contributed by atoms with Crippen molar-refractivity contribution < 1.29 is 17.2 Å². The number of aromatic amines is 1. The van der Waals surface area contributed by atoms with Crippen molar-refractivity contribution in [2.45, 2.75) is 29.1 Å². The van der Waals surface area contributed by atoms with E-state index in [0.717, 1.165) is 60.2 Å². The van der Waals surface area contributed by atoms with E-state index in [9.17, 15) is 17.2 Å². The molecule has 136 valence electrons. The second-order valence-corrected chi connectivity index (χ2v) is 8.36. The highest BCUT2D eigenvalue weighted by Gasteiger charge is 2.21. The molecule has 4 rings (SSSR count). The first-order chi connectivity index (χ1) is 12.5. The predicted molar refractivity (Wildman–Crippen MR) is 95.4 cm³/mol. The molecule has 0 radical (unpaired) electrons. The number of H-pyrrole nitrogens is 1. The van der Waals surface area contributed by atoms with E-state index in [4.69, 9.17) is 0 Å². The van der Waals surface area contributed by atoms with E-state index >= 15 is 0 Å². The van der Waals surface area contributed by atoms with E-state index in [2.05, 4.69) is 10.3 Å². The number of benzene rings is 2. The molecule has 2 aromatic carbocycles. The summed E-state index contributed by atoms with van der Waals surface area (Å²) in [6, 6.07) is 9.82. The highest BCUT2D eigenvalue weighted by molar-refractivity contribution is 7.91. The largest absolute Gasteiger partial charge is 0.358 e. The first-order valence-electron chi connectivity index (χ1n) is 8.44. The van der Waals surface area contributed by atoms with Gasteiger partial charge in [-0.3, -0.25) is 0 Å². The lowest BCUT2D eigenvalue weighted by Crippen LogP contribution is -2.16. The summed E-state index contributed by atoms with van der Waals surface area (Å²) in [6.45, 7) is 1.74. The topological polar surface area (TPSA) is 62.0 Å². The fraction of sp³-hybridized carbons (Fsp3) is 0.263. The fourth-order valence-electron chi connectivity index (χ4n) is 3.43. The highest BCUT2D eigenvalue weighted by atomic mass is 32.2. The highest BCUT2D eigenvalue weighted by Crippen LogP contribution is 2.30. The third kappa shape index (κ3) is 2.91. The quantitative estimate of drug-likeness (QED) is 0.734. The van der Waals surface area contributed by atoms with Crippen LogP contribution in [0.1, 0.15) is 23.2 Å². The number of nitrogens with one attached hydrogen (secondary N) is 2. The van der Waals surface area contributed by atoms with Crippen LogP contribution in [0.4, 0.5) is 8.78 Å². The van der Waals surface area contributed by atoms with Gasteiger partial charge < -0.3 is 10.3 Å². The van der Waals surface area contributed by atoms with Crippen molar-refractivity contribution >= 4 is 20.7 Å². The molecular formula is C19H18F2N2O2S. The van der Waals surface area contributed by atoms with Crippen molar-refractivity contribution in [1.29, 1.82) is 0 Å². The second kappa shape index (κ2) is 6.48. The summed E-state index contributed by atoms with van der Waals surface area (Å²) in [6.07, 6.45) is -0.907. The van der Waals surface area contributed by atoms with Crippen molar-refractivity contribution in [3.63, 3.8) is 0 Å². The molecule has 0 saturated carbocycles. The fourth-order valence-corrected chi connectivity index (χ4v) is 4.72. The Morgan fingerprint density at radius 1 is 0.923 bits per heavy atom. The molecule has 0 aliphatic carbocycles. The lowest BCUT2D eigenvalue weighted by Gasteiger charge is -2.07. The number of hydrogen-bond donors (Lipinski definition) is 2. The molecule has 1 aromatic heterocycles. The Bertz CT molecular complexity index is 1060. The van der Waals surface area contributed by atoms with Crippen molar-refractivity contribution in [3.8, 4) is 0 Å².